The summed E-state index contributed by atoms with van der Waals surface area (Å²) in [4.78, 5) is 19.3. The summed E-state index contributed by atoms with van der Waals surface area (Å²) in [6.45, 7) is 1.14. The third kappa shape index (κ3) is 3.09. The zero-order valence-electron chi connectivity index (χ0n) is 15.9. The third-order valence-corrected chi connectivity index (χ3v) is 6.21. The van der Waals surface area contributed by atoms with Crippen molar-refractivity contribution in [3.05, 3.63) is 41.6 Å². The van der Waals surface area contributed by atoms with Crippen LogP contribution in [0, 0.1) is 11.8 Å². The van der Waals surface area contributed by atoms with Gasteiger partial charge >= 0.3 is 6.18 Å². The van der Waals surface area contributed by atoms with Crippen LogP contribution in [0.1, 0.15) is 35.3 Å². The molecule has 2 atom stereocenters. The highest BCUT2D eigenvalue weighted by Gasteiger charge is 2.41. The molecule has 30 heavy (non-hydrogen) atoms. The third-order valence-electron chi connectivity index (χ3n) is 6.21. The number of alkyl halides is 3. The fourth-order valence-electron chi connectivity index (χ4n) is 4.75. The van der Waals surface area contributed by atoms with Crippen LogP contribution in [0.25, 0.3) is 22.3 Å². The van der Waals surface area contributed by atoms with E-state index < -0.39 is 17.8 Å². The highest BCUT2D eigenvalue weighted by molar-refractivity contribution is 6.07. The average molecular weight is 416 g/mol. The Morgan fingerprint density at radius 2 is 1.80 bits per heavy atom. The number of aromatic amines is 1. The second-order valence-electron chi connectivity index (χ2n) is 8.06. The molecule has 2 aliphatic rings. The second kappa shape index (κ2) is 6.72. The molecule has 0 radical (unpaired) electrons. The molecule has 3 heterocycles. The SMILES string of the molecule is O=C(c1cc(-c2ccc(O)cc2)nc2n[nH]c(C(F)(F)F)c12)N1CC2CCCC2C1. The lowest BCUT2D eigenvalue weighted by molar-refractivity contribution is -0.139. The summed E-state index contributed by atoms with van der Waals surface area (Å²) < 4.78 is 40.7. The summed E-state index contributed by atoms with van der Waals surface area (Å²) >= 11 is 0. The van der Waals surface area contributed by atoms with Crippen molar-refractivity contribution in [2.45, 2.75) is 25.4 Å². The normalized spacial score (nSPS) is 21.4. The summed E-state index contributed by atoms with van der Waals surface area (Å²) in [7, 11) is 0. The van der Waals surface area contributed by atoms with Gasteiger partial charge in [0.2, 0.25) is 0 Å². The molecule has 2 fully saturated rings. The number of likely N-dealkylation sites (tertiary alicyclic amines) is 1. The van der Waals surface area contributed by atoms with Crippen LogP contribution in [0.4, 0.5) is 13.2 Å². The van der Waals surface area contributed by atoms with Gasteiger partial charge in [0, 0.05) is 18.7 Å². The predicted octanol–water partition coefficient (Wildman–Crippen LogP) is 4.22. The Morgan fingerprint density at radius 1 is 1.13 bits per heavy atom. The topological polar surface area (TPSA) is 82.1 Å². The van der Waals surface area contributed by atoms with Gasteiger partial charge in [-0.2, -0.15) is 18.3 Å². The van der Waals surface area contributed by atoms with Crippen LogP contribution in [0.15, 0.2) is 30.3 Å². The zero-order chi connectivity index (χ0) is 21.0. The Kier molecular flexibility index (Phi) is 4.23. The molecular formula is C21H19F3N4O2. The Morgan fingerprint density at radius 3 is 2.43 bits per heavy atom. The first kappa shape index (κ1) is 18.9. The molecule has 6 nitrogen and oxygen atoms in total. The summed E-state index contributed by atoms with van der Waals surface area (Å²) in [5, 5.41) is 15.0. The summed E-state index contributed by atoms with van der Waals surface area (Å²) in [6, 6.07) is 7.49. The monoisotopic (exact) mass is 416 g/mol. The summed E-state index contributed by atoms with van der Waals surface area (Å²) in [5.74, 6) is 0.478. The van der Waals surface area contributed by atoms with Crippen molar-refractivity contribution in [1.29, 1.82) is 0 Å². The Balaban J connectivity index is 1.64. The number of amides is 1. The molecule has 2 N–H and O–H groups in total. The minimum atomic E-state index is -4.69. The molecule has 5 rings (SSSR count). The maximum Gasteiger partial charge on any atom is 0.433 e. The first-order chi connectivity index (χ1) is 14.3. The molecule has 1 saturated carbocycles. The number of benzene rings is 1. The van der Waals surface area contributed by atoms with Crippen LogP contribution >= 0.6 is 0 Å². The molecule has 1 aliphatic carbocycles. The van der Waals surface area contributed by atoms with Crippen LogP contribution in [0.3, 0.4) is 0 Å². The van der Waals surface area contributed by atoms with Crippen LogP contribution in [0.5, 0.6) is 5.75 Å². The van der Waals surface area contributed by atoms with Crippen molar-refractivity contribution < 1.29 is 23.1 Å². The number of carbonyl (C=O) groups excluding carboxylic acids is 1. The maximum absolute atomic E-state index is 13.6. The van der Waals surface area contributed by atoms with Crippen molar-refractivity contribution in [3.8, 4) is 17.0 Å². The number of phenolic OH excluding ortho intramolecular Hbond substituents is 1. The number of hydrogen-bond acceptors (Lipinski definition) is 4. The van der Waals surface area contributed by atoms with E-state index in [1.165, 1.54) is 18.2 Å². The minimum absolute atomic E-state index is 0.0517. The number of nitrogens with zero attached hydrogens (tertiary/aromatic N) is 3. The zero-order valence-corrected chi connectivity index (χ0v) is 15.9. The van der Waals surface area contributed by atoms with E-state index >= 15 is 0 Å². The van der Waals surface area contributed by atoms with E-state index in [0.29, 0.717) is 36.2 Å². The number of pyridine rings is 1. The van der Waals surface area contributed by atoms with Crippen molar-refractivity contribution in [3.63, 3.8) is 0 Å². The molecule has 3 aromatic rings. The van der Waals surface area contributed by atoms with E-state index in [2.05, 4.69) is 10.1 Å². The molecule has 0 spiro atoms. The number of phenols is 1. The van der Waals surface area contributed by atoms with Gasteiger partial charge in [0.05, 0.1) is 16.6 Å². The second-order valence-corrected chi connectivity index (χ2v) is 8.06. The van der Waals surface area contributed by atoms with E-state index in [-0.39, 0.29) is 22.3 Å². The largest absolute Gasteiger partial charge is 0.508 e. The van der Waals surface area contributed by atoms with Gasteiger partial charge in [0.1, 0.15) is 11.4 Å². The van der Waals surface area contributed by atoms with Crippen molar-refractivity contribution >= 4 is 16.9 Å². The molecule has 1 saturated heterocycles. The van der Waals surface area contributed by atoms with Gasteiger partial charge in [-0.3, -0.25) is 9.89 Å². The quantitative estimate of drug-likeness (QED) is 0.655. The lowest BCUT2D eigenvalue weighted by Gasteiger charge is -2.19. The number of carbonyl (C=O) groups is 1. The van der Waals surface area contributed by atoms with Crippen LogP contribution in [0.2, 0.25) is 0 Å². The minimum Gasteiger partial charge on any atom is -0.508 e. The standard InChI is InChI=1S/C21H19F3N4O2/c22-21(23,24)18-17-15(20(30)28-9-12-2-1-3-13(12)10-28)8-16(25-19(17)27-26-18)11-4-6-14(29)7-5-11/h4-8,12-13,29H,1-3,9-10H2,(H,25,26,27). The number of rotatable bonds is 2. The van der Waals surface area contributed by atoms with Crippen LogP contribution < -0.4 is 0 Å². The number of H-pyrrole nitrogens is 1. The van der Waals surface area contributed by atoms with Gasteiger partial charge in [-0.25, -0.2) is 4.98 Å². The summed E-state index contributed by atoms with van der Waals surface area (Å²) in [6.07, 6.45) is -1.44. The first-order valence-corrected chi connectivity index (χ1v) is 9.86. The fraction of sp³-hybridized carbons (Fsp3) is 0.381. The predicted molar refractivity (Wildman–Crippen MR) is 103 cm³/mol. The van der Waals surface area contributed by atoms with E-state index in [9.17, 15) is 23.1 Å². The van der Waals surface area contributed by atoms with Gasteiger partial charge in [-0.05, 0) is 55.0 Å². The van der Waals surface area contributed by atoms with Crippen molar-refractivity contribution in [2.75, 3.05) is 13.1 Å². The van der Waals surface area contributed by atoms with Gasteiger partial charge in [-0.1, -0.05) is 6.42 Å². The Bertz CT molecular complexity index is 1110. The fourth-order valence-corrected chi connectivity index (χ4v) is 4.75. The van der Waals surface area contributed by atoms with Crippen LogP contribution in [-0.4, -0.2) is 44.2 Å². The maximum atomic E-state index is 13.6. The Hall–Kier alpha value is -3.10. The molecule has 2 aromatic heterocycles. The van der Waals surface area contributed by atoms with E-state index in [1.54, 1.807) is 17.0 Å². The number of fused-ring (bicyclic) bond motifs is 2. The highest BCUT2D eigenvalue weighted by atomic mass is 19.4. The summed E-state index contributed by atoms with van der Waals surface area (Å²) in [5.41, 5.74) is -0.381. The number of aromatic nitrogens is 3. The first-order valence-electron chi connectivity index (χ1n) is 9.86. The van der Waals surface area contributed by atoms with Crippen molar-refractivity contribution in [1.82, 2.24) is 20.1 Å². The number of nitrogens with one attached hydrogen (secondary N) is 1. The molecule has 1 aromatic carbocycles. The average Bonchev–Trinajstić information content (AvgIpc) is 3.41. The van der Waals surface area contributed by atoms with E-state index in [4.69, 9.17) is 0 Å². The molecule has 2 unspecified atom stereocenters. The lowest BCUT2D eigenvalue weighted by Crippen LogP contribution is -2.30. The number of hydrogen-bond donors (Lipinski definition) is 2. The lowest BCUT2D eigenvalue weighted by atomic mass is 10.0. The number of aromatic hydroxyl groups is 1. The van der Waals surface area contributed by atoms with Gasteiger partial charge < -0.3 is 10.0 Å². The Labute approximate surface area is 169 Å². The van der Waals surface area contributed by atoms with Crippen LogP contribution in [-0.2, 0) is 6.18 Å². The molecule has 9 heteroatoms. The highest BCUT2D eigenvalue weighted by Crippen LogP contribution is 2.40. The molecular weight excluding hydrogens is 397 g/mol. The van der Waals surface area contributed by atoms with Gasteiger partial charge in [-0.15, -0.1) is 0 Å². The molecule has 0 bridgehead atoms. The van der Waals surface area contributed by atoms with Gasteiger partial charge in [0.25, 0.3) is 5.91 Å². The van der Waals surface area contributed by atoms with E-state index in [1.807, 2.05) is 5.10 Å². The smallest absolute Gasteiger partial charge is 0.433 e. The van der Waals surface area contributed by atoms with Crippen molar-refractivity contribution in [2.24, 2.45) is 11.8 Å². The number of halogens is 3. The van der Waals surface area contributed by atoms with Gasteiger partial charge in [0.15, 0.2) is 5.65 Å². The van der Waals surface area contributed by atoms with E-state index in [0.717, 1.165) is 19.3 Å². The molecule has 1 amide bonds. The molecule has 1 aliphatic heterocycles. The molecule has 156 valence electrons.